The number of hydrogen-bond acceptors (Lipinski definition) is 3. The van der Waals surface area contributed by atoms with Crippen molar-refractivity contribution in [3.8, 4) is 0 Å². The highest BCUT2D eigenvalue weighted by molar-refractivity contribution is 5.66. The highest BCUT2D eigenvalue weighted by Gasteiger charge is 2.61. The molecule has 0 spiro atoms. The number of fused-ring (bicyclic) bond motifs is 5. The lowest BCUT2D eigenvalue weighted by atomic mass is 9.46. The first kappa shape index (κ1) is 27.8. The molecule has 0 radical (unpaired) electrons. The van der Waals surface area contributed by atoms with Crippen LogP contribution in [-0.2, 0) is 9.53 Å². The largest absolute Gasteiger partial charge is 0.462 e. The van der Waals surface area contributed by atoms with Gasteiger partial charge in [-0.25, -0.2) is 0 Å². The van der Waals surface area contributed by atoms with Crippen molar-refractivity contribution in [1.82, 2.24) is 0 Å². The maximum atomic E-state index is 11.8. The molecule has 4 aliphatic carbocycles. The van der Waals surface area contributed by atoms with Gasteiger partial charge in [-0.2, -0.15) is 0 Å². The molecule has 1 aromatic carbocycles. The van der Waals surface area contributed by atoms with E-state index in [1.165, 1.54) is 50.6 Å². The first-order valence-corrected chi connectivity index (χ1v) is 15.8. The average Bonchev–Trinajstić information content (AvgIpc) is 3.22. The summed E-state index contributed by atoms with van der Waals surface area (Å²) < 4.78 is 5.75. The molecule has 4 aliphatic rings. The van der Waals surface area contributed by atoms with Crippen LogP contribution in [0.1, 0.15) is 106 Å². The van der Waals surface area contributed by atoms with Gasteiger partial charge in [0, 0.05) is 25.1 Å². The van der Waals surface area contributed by atoms with Crippen molar-refractivity contribution < 1.29 is 9.53 Å². The molecule has 0 saturated heterocycles. The van der Waals surface area contributed by atoms with E-state index in [2.05, 4.69) is 76.3 Å². The second kappa shape index (κ2) is 11.0. The fourth-order valence-electron chi connectivity index (χ4n) is 9.88. The lowest BCUT2D eigenvalue weighted by Gasteiger charge is -2.60. The Morgan fingerprint density at radius 1 is 1.00 bits per heavy atom. The molecule has 5 rings (SSSR count). The smallest absolute Gasteiger partial charge is 0.302 e. The van der Waals surface area contributed by atoms with Gasteiger partial charge in [-0.3, -0.25) is 4.79 Å². The zero-order valence-electron chi connectivity index (χ0n) is 25.0. The van der Waals surface area contributed by atoms with Crippen LogP contribution in [0.4, 0.5) is 5.69 Å². The van der Waals surface area contributed by atoms with E-state index in [0.717, 1.165) is 42.9 Å². The van der Waals surface area contributed by atoms with E-state index < -0.39 is 0 Å². The number of rotatable bonds is 8. The van der Waals surface area contributed by atoms with E-state index in [1.807, 2.05) is 0 Å². The van der Waals surface area contributed by atoms with Gasteiger partial charge in [-0.05, 0) is 97.0 Å². The van der Waals surface area contributed by atoms with Crippen molar-refractivity contribution in [2.24, 2.45) is 46.3 Å². The van der Waals surface area contributed by atoms with Crippen LogP contribution in [0.25, 0.3) is 0 Å². The van der Waals surface area contributed by atoms with Crippen LogP contribution in [0, 0.1) is 46.3 Å². The first-order chi connectivity index (χ1) is 18.1. The summed E-state index contributed by atoms with van der Waals surface area (Å²) >= 11 is 0. The van der Waals surface area contributed by atoms with E-state index in [9.17, 15) is 4.79 Å². The summed E-state index contributed by atoms with van der Waals surface area (Å²) in [6.45, 7) is 14.1. The third-order valence-corrected chi connectivity index (χ3v) is 11.8. The van der Waals surface area contributed by atoms with Crippen molar-refractivity contribution in [3.63, 3.8) is 0 Å². The molecule has 1 aromatic rings. The normalized spacial score (nSPS) is 39.0. The number of ether oxygens (including phenoxy) is 1. The van der Waals surface area contributed by atoms with Gasteiger partial charge in [0.15, 0.2) is 0 Å². The maximum Gasteiger partial charge on any atom is 0.302 e. The number of para-hydroxylation sites is 1. The Morgan fingerprint density at radius 2 is 1.76 bits per heavy atom. The highest BCUT2D eigenvalue weighted by atomic mass is 16.5. The molecule has 1 N–H and O–H groups in total. The van der Waals surface area contributed by atoms with E-state index >= 15 is 0 Å². The van der Waals surface area contributed by atoms with Crippen LogP contribution >= 0.6 is 0 Å². The van der Waals surface area contributed by atoms with Gasteiger partial charge in [-0.15, -0.1) is 0 Å². The molecule has 3 saturated carbocycles. The van der Waals surface area contributed by atoms with Gasteiger partial charge in [0.2, 0.25) is 0 Å². The molecular formula is C35H53NO2. The fraction of sp³-hybridized carbons (Fsp3) is 0.743. The Bertz CT molecular complexity index is 1000. The van der Waals surface area contributed by atoms with Gasteiger partial charge in [0.1, 0.15) is 6.10 Å². The van der Waals surface area contributed by atoms with Crippen LogP contribution < -0.4 is 5.32 Å². The Hall–Kier alpha value is -1.77. The maximum absolute atomic E-state index is 11.8. The molecule has 3 nitrogen and oxygen atoms in total. The minimum atomic E-state index is -0.139. The summed E-state index contributed by atoms with van der Waals surface area (Å²) in [5, 5.41) is 4.02. The number of benzene rings is 1. The molecule has 0 bridgehead atoms. The van der Waals surface area contributed by atoms with E-state index in [1.54, 1.807) is 12.5 Å². The lowest BCUT2D eigenvalue weighted by Crippen LogP contribution is -2.56. The average molecular weight is 520 g/mol. The van der Waals surface area contributed by atoms with Crippen LogP contribution in [0.2, 0.25) is 0 Å². The van der Waals surface area contributed by atoms with Gasteiger partial charge < -0.3 is 10.1 Å². The minimum absolute atomic E-state index is 0.0390. The van der Waals surface area contributed by atoms with Crippen molar-refractivity contribution in [3.05, 3.63) is 42.0 Å². The Morgan fingerprint density at radius 3 is 2.47 bits per heavy atom. The van der Waals surface area contributed by atoms with Crippen LogP contribution in [0.5, 0.6) is 0 Å². The fourth-order valence-corrected chi connectivity index (χ4v) is 9.88. The number of carbonyl (C=O) groups is 1. The Balaban J connectivity index is 1.44. The topological polar surface area (TPSA) is 38.3 Å². The zero-order valence-corrected chi connectivity index (χ0v) is 25.0. The predicted molar refractivity (Wildman–Crippen MR) is 158 cm³/mol. The summed E-state index contributed by atoms with van der Waals surface area (Å²) in [6, 6.07) is 11.2. The number of esters is 1. The summed E-state index contributed by atoms with van der Waals surface area (Å²) in [5.74, 6) is 4.51. The second-order valence-electron chi connectivity index (χ2n) is 14.4. The molecule has 38 heavy (non-hydrogen) atoms. The van der Waals surface area contributed by atoms with Gasteiger partial charge >= 0.3 is 5.97 Å². The quantitative estimate of drug-likeness (QED) is 0.275. The summed E-state index contributed by atoms with van der Waals surface area (Å²) in [7, 11) is 0. The molecule has 0 amide bonds. The molecular weight excluding hydrogens is 466 g/mol. The monoisotopic (exact) mass is 519 g/mol. The Labute approximate surface area is 232 Å². The lowest BCUT2D eigenvalue weighted by molar-refractivity contribution is -0.148. The third kappa shape index (κ3) is 5.20. The number of hydrogen-bond donors (Lipinski definition) is 1. The van der Waals surface area contributed by atoms with Crippen molar-refractivity contribution in [2.45, 2.75) is 118 Å². The number of nitrogens with one attached hydrogen (secondary N) is 1. The first-order valence-electron chi connectivity index (χ1n) is 15.8. The van der Waals surface area contributed by atoms with E-state index in [-0.39, 0.29) is 17.5 Å². The number of anilines is 1. The van der Waals surface area contributed by atoms with Crippen LogP contribution in [0.15, 0.2) is 42.0 Å². The SMILES string of the molecule is CC(=O)O[C@H]1CC[C@@]2(C)C(=C[C@@H](Nc3ccccc3)[C@@H]3[C@H]4CC[C@@H]([C@H](C)CCCC(C)C)[C@]4(C)CC[C@H]32)C1. The van der Waals surface area contributed by atoms with E-state index in [4.69, 9.17) is 4.74 Å². The van der Waals surface area contributed by atoms with Gasteiger partial charge in [-0.1, -0.05) is 83.7 Å². The zero-order chi connectivity index (χ0) is 27.1. The number of carbonyl (C=O) groups excluding carboxylic acids is 1. The third-order valence-electron chi connectivity index (χ3n) is 11.8. The van der Waals surface area contributed by atoms with Crippen molar-refractivity contribution in [1.29, 1.82) is 0 Å². The predicted octanol–water partition coefficient (Wildman–Crippen LogP) is 9.05. The molecule has 210 valence electrons. The molecule has 3 fully saturated rings. The molecule has 3 heteroatoms. The standard InChI is InChI=1S/C35H53NO2/c1-23(2)11-10-12-24(3)29-15-16-30-33-31(18-20-35(29,30)6)34(5)19-17-28(38-25(4)37)21-26(34)22-32(33)36-27-13-8-7-9-14-27/h7-9,13-14,22-24,28-33,36H,10-12,15-21H2,1-6H3/t24-,28+,29+,30-,31-,32-,33-,34+,35+/m1/s1. The van der Waals surface area contributed by atoms with Gasteiger partial charge in [0.05, 0.1) is 0 Å². The minimum Gasteiger partial charge on any atom is -0.462 e. The second-order valence-corrected chi connectivity index (χ2v) is 14.4. The van der Waals surface area contributed by atoms with Crippen molar-refractivity contribution in [2.75, 3.05) is 5.32 Å². The summed E-state index contributed by atoms with van der Waals surface area (Å²) in [5.41, 5.74) is 3.46. The highest BCUT2D eigenvalue weighted by Crippen LogP contribution is 2.67. The summed E-state index contributed by atoms with van der Waals surface area (Å²) in [6.07, 6.45) is 15.4. The van der Waals surface area contributed by atoms with Gasteiger partial charge in [0.25, 0.3) is 0 Å². The van der Waals surface area contributed by atoms with E-state index in [0.29, 0.717) is 23.3 Å². The Kier molecular flexibility index (Phi) is 8.05. The molecule has 0 aliphatic heterocycles. The molecule has 0 aromatic heterocycles. The molecule has 9 atom stereocenters. The van der Waals surface area contributed by atoms with Crippen molar-refractivity contribution >= 4 is 11.7 Å². The molecule has 0 heterocycles. The van der Waals surface area contributed by atoms with Crippen LogP contribution in [-0.4, -0.2) is 18.1 Å². The molecule has 0 unspecified atom stereocenters. The van der Waals surface area contributed by atoms with Crippen LogP contribution in [0.3, 0.4) is 0 Å². The summed E-state index contributed by atoms with van der Waals surface area (Å²) in [4.78, 5) is 11.8.